The van der Waals surface area contributed by atoms with Gasteiger partial charge in [0.2, 0.25) is 0 Å². The van der Waals surface area contributed by atoms with E-state index in [1.165, 1.54) is 18.3 Å². The van der Waals surface area contributed by atoms with E-state index >= 15 is 8.78 Å². The van der Waals surface area contributed by atoms with Gasteiger partial charge in [0, 0.05) is 54.6 Å². The number of nitrogens with zero attached hydrogens (tertiary/aromatic N) is 3. The van der Waals surface area contributed by atoms with Crippen molar-refractivity contribution in [2.24, 2.45) is 0 Å². The molecule has 0 bridgehead atoms. The molecule has 36 heavy (non-hydrogen) atoms. The Bertz CT molecular complexity index is 1280. The molecule has 11 heteroatoms. The maximum atomic E-state index is 15.9. The Labute approximate surface area is 204 Å². The number of rotatable bonds is 5. The van der Waals surface area contributed by atoms with Gasteiger partial charge in [0.1, 0.15) is 23.1 Å². The number of hydrogen-bond donors (Lipinski definition) is 2. The fourth-order valence-electron chi connectivity index (χ4n) is 4.16. The van der Waals surface area contributed by atoms with E-state index in [0.29, 0.717) is 25.7 Å². The number of anilines is 3. The average molecular weight is 505 g/mol. The zero-order valence-electron chi connectivity index (χ0n) is 19.5. The Morgan fingerprint density at radius 2 is 1.89 bits per heavy atom. The average Bonchev–Trinajstić information content (AvgIpc) is 2.83. The third kappa shape index (κ3) is 4.97. The highest BCUT2D eigenvalue weighted by Crippen LogP contribution is 2.39. The molecule has 4 rings (SSSR count). The summed E-state index contributed by atoms with van der Waals surface area (Å²) in [6, 6.07) is 6.19. The summed E-state index contributed by atoms with van der Waals surface area (Å²) in [5.74, 6) is -3.88. The highest BCUT2D eigenvalue weighted by Gasteiger charge is 2.29. The largest absolute Gasteiger partial charge is 0.384 e. The van der Waals surface area contributed by atoms with Crippen LogP contribution in [0.15, 0.2) is 42.6 Å². The summed E-state index contributed by atoms with van der Waals surface area (Å²) in [4.78, 5) is 20.7. The predicted molar refractivity (Wildman–Crippen MR) is 128 cm³/mol. The highest BCUT2D eigenvalue weighted by molar-refractivity contribution is 6.07. The van der Waals surface area contributed by atoms with Crippen LogP contribution in [0.5, 0.6) is 0 Å². The third-order valence-corrected chi connectivity index (χ3v) is 6.30. The number of nitrogens with one attached hydrogen (secondary N) is 1. The van der Waals surface area contributed by atoms with Crippen LogP contribution < -0.4 is 16.0 Å². The molecule has 0 aliphatic carbocycles. The molecule has 0 spiro atoms. The summed E-state index contributed by atoms with van der Waals surface area (Å²) < 4.78 is 71.8. The number of piperazine rings is 1. The minimum atomic E-state index is -3.14. The van der Waals surface area contributed by atoms with Gasteiger partial charge in [-0.1, -0.05) is 0 Å². The van der Waals surface area contributed by atoms with Gasteiger partial charge < -0.3 is 20.9 Å². The van der Waals surface area contributed by atoms with Gasteiger partial charge in [0.25, 0.3) is 12.3 Å². The number of hydrogen-bond acceptors (Lipinski definition) is 5. The smallest absolute Gasteiger partial charge is 0.264 e. The molecule has 1 aliphatic heterocycles. The number of nitrogens with two attached hydrogens (primary N) is 1. The second-order valence-corrected chi connectivity index (χ2v) is 8.68. The molecular weight excluding hydrogens is 481 g/mol. The maximum Gasteiger partial charge on any atom is 0.264 e. The van der Waals surface area contributed by atoms with Gasteiger partial charge in [-0.05, 0) is 44.3 Å². The molecule has 6 nitrogen and oxygen atoms in total. The van der Waals surface area contributed by atoms with Crippen molar-refractivity contribution in [3.05, 3.63) is 71.2 Å². The summed E-state index contributed by atoms with van der Waals surface area (Å²) in [6.45, 7) is 3.35. The molecule has 1 aromatic heterocycles. The van der Waals surface area contributed by atoms with E-state index in [4.69, 9.17) is 5.73 Å². The second kappa shape index (κ2) is 10.1. The molecule has 3 aromatic rings. The van der Waals surface area contributed by atoms with Gasteiger partial charge in [-0.15, -0.1) is 0 Å². The number of nitrogen functional groups attached to an aromatic ring is 1. The number of aromatic nitrogens is 1. The Morgan fingerprint density at radius 3 is 2.53 bits per heavy atom. The van der Waals surface area contributed by atoms with Crippen LogP contribution in [0.3, 0.4) is 0 Å². The second-order valence-electron chi connectivity index (χ2n) is 8.68. The lowest BCUT2D eigenvalue weighted by atomic mass is 10.0. The van der Waals surface area contributed by atoms with Gasteiger partial charge in [-0.25, -0.2) is 26.9 Å². The number of carbonyl (C=O) groups excluding carboxylic acids is 1. The van der Waals surface area contributed by atoms with Crippen molar-refractivity contribution >= 4 is 23.1 Å². The quantitative estimate of drug-likeness (QED) is 0.474. The molecule has 1 amide bonds. The molecular formula is C25H24F5N5O. The number of halogens is 5. The van der Waals surface area contributed by atoms with E-state index in [1.807, 2.05) is 14.0 Å². The van der Waals surface area contributed by atoms with Gasteiger partial charge in [-0.2, -0.15) is 0 Å². The van der Waals surface area contributed by atoms with Gasteiger partial charge in [-0.3, -0.25) is 4.79 Å². The number of benzene rings is 2. The molecule has 1 aliphatic rings. The fourth-order valence-corrected chi connectivity index (χ4v) is 4.16. The molecule has 190 valence electrons. The zero-order chi connectivity index (χ0) is 26.1. The van der Waals surface area contributed by atoms with Gasteiger partial charge in [0.15, 0.2) is 5.82 Å². The normalized spacial score (nSPS) is 16.4. The van der Waals surface area contributed by atoms with Gasteiger partial charge in [0.05, 0.1) is 11.3 Å². The molecule has 1 saturated heterocycles. The van der Waals surface area contributed by atoms with E-state index in [9.17, 15) is 18.0 Å². The Balaban J connectivity index is 1.84. The van der Waals surface area contributed by atoms with E-state index in [1.54, 1.807) is 4.90 Å². The molecule has 2 heterocycles. The molecule has 1 atom stereocenters. The predicted octanol–water partition coefficient (Wildman–Crippen LogP) is 5.08. The molecule has 0 saturated carbocycles. The SMILES string of the molecule is C[C@H]1CN(c2cc(F)c(-c3ccc(N)nc3)c(F)c2NC(=O)c2ccc(F)cc2C(F)F)CCN1C. The molecule has 0 unspecified atom stereocenters. The van der Waals surface area contributed by atoms with Crippen LogP contribution in [0.4, 0.5) is 39.1 Å². The molecule has 2 aromatic carbocycles. The zero-order valence-corrected chi connectivity index (χ0v) is 19.5. The topological polar surface area (TPSA) is 74.5 Å². The molecule has 0 radical (unpaired) electrons. The molecule has 3 N–H and O–H groups in total. The van der Waals surface area contributed by atoms with E-state index in [0.717, 1.165) is 18.2 Å². The fraction of sp³-hybridized carbons (Fsp3) is 0.280. The lowest BCUT2D eigenvalue weighted by molar-refractivity contribution is 0.101. The van der Waals surface area contributed by atoms with Crippen LogP contribution in [0.2, 0.25) is 0 Å². The Hall–Kier alpha value is -3.73. The highest BCUT2D eigenvalue weighted by atomic mass is 19.3. The van der Waals surface area contributed by atoms with Crippen LogP contribution in [0, 0.1) is 17.5 Å². The van der Waals surface area contributed by atoms with E-state index < -0.39 is 46.5 Å². The first-order valence-electron chi connectivity index (χ1n) is 11.1. The first-order valence-corrected chi connectivity index (χ1v) is 11.1. The number of carbonyl (C=O) groups is 1. The van der Waals surface area contributed by atoms with Crippen LogP contribution in [-0.2, 0) is 0 Å². The van der Waals surface area contributed by atoms with Crippen molar-refractivity contribution in [3.63, 3.8) is 0 Å². The van der Waals surface area contributed by atoms with E-state index in [-0.39, 0.29) is 28.8 Å². The Morgan fingerprint density at radius 1 is 1.14 bits per heavy atom. The first kappa shape index (κ1) is 25.4. The number of amides is 1. The van der Waals surface area contributed by atoms with Crippen LogP contribution in [0.25, 0.3) is 11.1 Å². The maximum absolute atomic E-state index is 15.9. The number of alkyl halides is 2. The summed E-state index contributed by atoms with van der Waals surface area (Å²) in [5, 5.41) is 2.35. The number of pyridine rings is 1. The van der Waals surface area contributed by atoms with Crippen LogP contribution in [-0.4, -0.2) is 48.5 Å². The molecule has 1 fully saturated rings. The van der Waals surface area contributed by atoms with Crippen LogP contribution >= 0.6 is 0 Å². The third-order valence-electron chi connectivity index (χ3n) is 6.30. The summed E-state index contributed by atoms with van der Waals surface area (Å²) in [6.07, 6.45) is -1.96. The van der Waals surface area contributed by atoms with Crippen molar-refractivity contribution in [3.8, 4) is 11.1 Å². The monoisotopic (exact) mass is 505 g/mol. The minimum absolute atomic E-state index is 0.0388. The van der Waals surface area contributed by atoms with Crippen molar-refractivity contribution in [1.82, 2.24) is 9.88 Å². The number of likely N-dealkylation sites (N-methyl/N-ethyl adjacent to an activating group) is 1. The van der Waals surface area contributed by atoms with Crippen molar-refractivity contribution in [1.29, 1.82) is 0 Å². The summed E-state index contributed by atoms with van der Waals surface area (Å²) >= 11 is 0. The van der Waals surface area contributed by atoms with E-state index in [2.05, 4.69) is 15.2 Å². The first-order chi connectivity index (χ1) is 17.1. The Kier molecular flexibility index (Phi) is 7.11. The minimum Gasteiger partial charge on any atom is -0.384 e. The van der Waals surface area contributed by atoms with Crippen LogP contribution in [0.1, 0.15) is 29.3 Å². The van der Waals surface area contributed by atoms with Crippen molar-refractivity contribution in [2.45, 2.75) is 19.4 Å². The summed E-state index contributed by atoms with van der Waals surface area (Å²) in [5.41, 5.74) is 3.51. The standard InChI is InChI=1S/C25H24F5N5O/c1-13-12-35(8-7-34(13)2)19-10-18(27)21(14-3-6-20(31)32-11-14)22(28)23(19)33-25(36)16-5-4-15(26)9-17(16)24(29)30/h3-6,9-11,13,24H,7-8,12H2,1-2H3,(H2,31,32)(H,33,36)/t13-/m0/s1. The lowest BCUT2D eigenvalue weighted by Gasteiger charge is -2.39. The lowest BCUT2D eigenvalue weighted by Crippen LogP contribution is -2.50. The van der Waals surface area contributed by atoms with Crippen molar-refractivity contribution < 1.29 is 26.7 Å². The summed E-state index contributed by atoms with van der Waals surface area (Å²) in [7, 11) is 1.92. The van der Waals surface area contributed by atoms with Crippen molar-refractivity contribution in [2.75, 3.05) is 42.6 Å². The van der Waals surface area contributed by atoms with Gasteiger partial charge >= 0.3 is 0 Å².